The predicted octanol–water partition coefficient (Wildman–Crippen LogP) is 2.61. The maximum Gasteiger partial charge on any atom is 0.253 e. The number of carbonyl (C=O) groups is 2. The van der Waals surface area contributed by atoms with Gasteiger partial charge in [-0.25, -0.2) is 0 Å². The number of ether oxygens (including phenoxy) is 1. The molecule has 1 saturated heterocycles. The van der Waals surface area contributed by atoms with Crippen LogP contribution in [-0.2, 0) is 9.53 Å². The Hall–Kier alpha value is -1.88. The molecule has 0 bridgehead atoms. The van der Waals surface area contributed by atoms with Crippen molar-refractivity contribution in [3.63, 3.8) is 0 Å². The lowest BCUT2D eigenvalue weighted by molar-refractivity contribution is -0.134. The average molecular weight is 344 g/mol. The van der Waals surface area contributed by atoms with Gasteiger partial charge in [-0.2, -0.15) is 0 Å². The van der Waals surface area contributed by atoms with Gasteiger partial charge in [-0.15, -0.1) is 0 Å². The fourth-order valence-corrected chi connectivity index (χ4v) is 3.91. The van der Waals surface area contributed by atoms with Crippen LogP contribution in [0.25, 0.3) is 0 Å². The lowest BCUT2D eigenvalue weighted by Gasteiger charge is -2.45. The number of nitrogens with zero attached hydrogens (tertiary/aromatic N) is 1. The first kappa shape index (κ1) is 17.9. The highest BCUT2D eigenvalue weighted by Gasteiger charge is 2.43. The van der Waals surface area contributed by atoms with E-state index in [4.69, 9.17) is 4.74 Å². The van der Waals surface area contributed by atoms with Gasteiger partial charge in [0.1, 0.15) is 0 Å². The van der Waals surface area contributed by atoms with Gasteiger partial charge in [0.05, 0.1) is 11.6 Å². The SMILES string of the molecule is COC1(C(C)NC(=O)C2CCN(C(=O)c3ccccc3)CC2)CCC1. The Labute approximate surface area is 149 Å². The van der Waals surface area contributed by atoms with Crippen LogP contribution >= 0.6 is 0 Å². The number of likely N-dealkylation sites (tertiary alicyclic amines) is 1. The van der Waals surface area contributed by atoms with Gasteiger partial charge in [-0.3, -0.25) is 9.59 Å². The zero-order chi connectivity index (χ0) is 17.9. The van der Waals surface area contributed by atoms with Crippen molar-refractivity contribution in [2.24, 2.45) is 5.92 Å². The Morgan fingerprint density at radius 2 is 1.84 bits per heavy atom. The van der Waals surface area contributed by atoms with Gasteiger partial charge >= 0.3 is 0 Å². The number of piperidine rings is 1. The van der Waals surface area contributed by atoms with Crippen molar-refractivity contribution in [2.45, 2.75) is 50.7 Å². The number of nitrogens with one attached hydrogen (secondary N) is 1. The third-order valence-corrected chi connectivity index (χ3v) is 5.93. The molecule has 0 aromatic heterocycles. The van der Waals surface area contributed by atoms with Crippen LogP contribution in [0.2, 0.25) is 0 Å². The van der Waals surface area contributed by atoms with Gasteiger partial charge in [0.2, 0.25) is 5.91 Å². The molecule has 1 heterocycles. The molecule has 2 fully saturated rings. The summed E-state index contributed by atoms with van der Waals surface area (Å²) in [6.07, 6.45) is 4.62. The van der Waals surface area contributed by atoms with Crippen molar-refractivity contribution in [1.82, 2.24) is 10.2 Å². The molecule has 5 nitrogen and oxygen atoms in total. The molecule has 1 aromatic carbocycles. The van der Waals surface area contributed by atoms with E-state index in [-0.39, 0.29) is 29.4 Å². The molecule has 5 heteroatoms. The van der Waals surface area contributed by atoms with Crippen molar-refractivity contribution < 1.29 is 14.3 Å². The molecule has 136 valence electrons. The summed E-state index contributed by atoms with van der Waals surface area (Å²) in [4.78, 5) is 26.9. The van der Waals surface area contributed by atoms with Crippen LogP contribution in [0.3, 0.4) is 0 Å². The molecule has 2 amide bonds. The van der Waals surface area contributed by atoms with Crippen LogP contribution in [0, 0.1) is 5.92 Å². The second kappa shape index (κ2) is 7.56. The molecule has 1 aliphatic heterocycles. The summed E-state index contributed by atoms with van der Waals surface area (Å²) in [6, 6.07) is 9.37. The molecule has 1 atom stereocenters. The van der Waals surface area contributed by atoms with E-state index in [0.29, 0.717) is 18.7 Å². The van der Waals surface area contributed by atoms with Crippen molar-refractivity contribution in [1.29, 1.82) is 0 Å². The lowest BCUT2D eigenvalue weighted by Crippen LogP contribution is -2.57. The van der Waals surface area contributed by atoms with Gasteiger partial charge in [-0.05, 0) is 51.2 Å². The van der Waals surface area contributed by atoms with Crippen LogP contribution < -0.4 is 5.32 Å². The molecule has 1 unspecified atom stereocenters. The molecule has 1 aliphatic carbocycles. The van der Waals surface area contributed by atoms with Crippen molar-refractivity contribution in [3.8, 4) is 0 Å². The predicted molar refractivity (Wildman–Crippen MR) is 96.3 cm³/mol. The lowest BCUT2D eigenvalue weighted by atomic mass is 9.75. The number of hydrogen-bond acceptors (Lipinski definition) is 3. The van der Waals surface area contributed by atoms with E-state index in [0.717, 1.165) is 32.1 Å². The van der Waals surface area contributed by atoms with E-state index in [1.54, 1.807) is 7.11 Å². The molecule has 3 rings (SSSR count). The highest BCUT2D eigenvalue weighted by atomic mass is 16.5. The van der Waals surface area contributed by atoms with E-state index in [1.807, 2.05) is 42.2 Å². The molecule has 0 spiro atoms. The van der Waals surface area contributed by atoms with Crippen LogP contribution in [-0.4, -0.2) is 48.6 Å². The minimum atomic E-state index is -0.181. The fraction of sp³-hybridized carbons (Fsp3) is 0.600. The largest absolute Gasteiger partial charge is 0.376 e. The summed E-state index contributed by atoms with van der Waals surface area (Å²) in [7, 11) is 1.73. The summed E-state index contributed by atoms with van der Waals surface area (Å²) in [6.45, 7) is 3.31. The quantitative estimate of drug-likeness (QED) is 0.893. The van der Waals surface area contributed by atoms with Gasteiger partial charge in [0.15, 0.2) is 0 Å². The number of rotatable bonds is 5. The number of benzene rings is 1. The topological polar surface area (TPSA) is 58.6 Å². The van der Waals surface area contributed by atoms with Crippen LogP contribution in [0.1, 0.15) is 49.4 Å². The Morgan fingerprint density at radius 1 is 1.20 bits per heavy atom. The van der Waals surface area contributed by atoms with E-state index in [1.165, 1.54) is 0 Å². The van der Waals surface area contributed by atoms with Crippen molar-refractivity contribution >= 4 is 11.8 Å². The Bertz CT molecular complexity index is 599. The van der Waals surface area contributed by atoms with Crippen LogP contribution in [0.15, 0.2) is 30.3 Å². The highest BCUT2D eigenvalue weighted by Crippen LogP contribution is 2.38. The monoisotopic (exact) mass is 344 g/mol. The van der Waals surface area contributed by atoms with Crippen LogP contribution in [0.5, 0.6) is 0 Å². The van der Waals surface area contributed by atoms with Crippen molar-refractivity contribution in [3.05, 3.63) is 35.9 Å². The summed E-state index contributed by atoms with van der Waals surface area (Å²) < 4.78 is 5.65. The zero-order valence-electron chi connectivity index (χ0n) is 15.2. The first-order valence-electron chi connectivity index (χ1n) is 9.25. The standard InChI is InChI=1S/C20H28N2O3/c1-15(20(25-2)11-6-12-20)21-18(23)16-9-13-22(14-10-16)19(24)17-7-4-3-5-8-17/h3-5,7-8,15-16H,6,9-14H2,1-2H3,(H,21,23). The molecule has 1 saturated carbocycles. The molecular formula is C20H28N2O3. The van der Waals surface area contributed by atoms with Crippen LogP contribution in [0.4, 0.5) is 0 Å². The fourth-order valence-electron chi connectivity index (χ4n) is 3.91. The molecule has 2 aliphatic rings. The number of carbonyl (C=O) groups excluding carboxylic acids is 2. The Balaban J connectivity index is 1.50. The van der Waals surface area contributed by atoms with Gasteiger partial charge < -0.3 is 15.0 Å². The minimum absolute atomic E-state index is 0.0174. The Morgan fingerprint density at radius 3 is 2.36 bits per heavy atom. The summed E-state index contributed by atoms with van der Waals surface area (Å²) in [5, 5.41) is 3.15. The van der Waals surface area contributed by atoms with Gasteiger partial charge in [0.25, 0.3) is 5.91 Å². The maximum absolute atomic E-state index is 12.6. The normalized spacial score (nSPS) is 21.3. The molecule has 1 N–H and O–H groups in total. The number of amides is 2. The Kier molecular flexibility index (Phi) is 5.42. The second-order valence-electron chi connectivity index (χ2n) is 7.29. The highest BCUT2D eigenvalue weighted by molar-refractivity contribution is 5.94. The van der Waals surface area contributed by atoms with E-state index >= 15 is 0 Å². The van der Waals surface area contributed by atoms with Crippen molar-refractivity contribution in [2.75, 3.05) is 20.2 Å². The first-order valence-corrected chi connectivity index (χ1v) is 9.25. The third kappa shape index (κ3) is 3.71. The molecular weight excluding hydrogens is 316 g/mol. The smallest absolute Gasteiger partial charge is 0.253 e. The second-order valence-corrected chi connectivity index (χ2v) is 7.29. The molecule has 1 aromatic rings. The molecule has 25 heavy (non-hydrogen) atoms. The van der Waals surface area contributed by atoms with E-state index in [2.05, 4.69) is 5.32 Å². The van der Waals surface area contributed by atoms with E-state index in [9.17, 15) is 9.59 Å². The minimum Gasteiger partial charge on any atom is -0.376 e. The van der Waals surface area contributed by atoms with E-state index < -0.39 is 0 Å². The molecule has 0 radical (unpaired) electrons. The van der Waals surface area contributed by atoms with Gasteiger partial charge in [0, 0.05) is 31.7 Å². The number of hydrogen-bond donors (Lipinski definition) is 1. The summed E-state index contributed by atoms with van der Waals surface area (Å²) >= 11 is 0. The van der Waals surface area contributed by atoms with Gasteiger partial charge in [-0.1, -0.05) is 18.2 Å². The average Bonchev–Trinajstić information content (AvgIpc) is 2.61. The number of methoxy groups -OCH3 is 1. The zero-order valence-corrected chi connectivity index (χ0v) is 15.2. The summed E-state index contributed by atoms with van der Waals surface area (Å²) in [5.74, 6) is 0.138. The summed E-state index contributed by atoms with van der Waals surface area (Å²) in [5.41, 5.74) is 0.533. The maximum atomic E-state index is 12.6. The third-order valence-electron chi connectivity index (χ3n) is 5.93. The first-order chi connectivity index (χ1) is 12.1.